The van der Waals surface area contributed by atoms with Gasteiger partial charge in [0.2, 0.25) is 5.91 Å². The number of nitrogens with two attached hydrogens (primary N) is 2. The van der Waals surface area contributed by atoms with Crippen molar-refractivity contribution in [2.24, 2.45) is 0 Å². The van der Waals surface area contributed by atoms with E-state index in [9.17, 15) is 9.59 Å². The van der Waals surface area contributed by atoms with E-state index in [0.29, 0.717) is 30.9 Å². The molecule has 1 aromatic carbocycles. The lowest BCUT2D eigenvalue weighted by molar-refractivity contribution is -0.124. The van der Waals surface area contributed by atoms with E-state index in [1.165, 1.54) is 4.57 Å². The van der Waals surface area contributed by atoms with Gasteiger partial charge in [-0.05, 0) is 35.9 Å². The lowest BCUT2D eigenvalue weighted by Gasteiger charge is -2.15. The Labute approximate surface area is 159 Å². The SMILES string of the molecule is Nc1nc(Cl)c2n(c1=O)[C@H](C(=O)NCc1ccc3c(N)nccc3c1)CC2. The summed E-state index contributed by atoms with van der Waals surface area (Å²) in [6, 6.07) is 6.92. The maximum absolute atomic E-state index is 12.7. The number of pyridine rings is 1. The molecule has 0 fully saturated rings. The normalized spacial score (nSPS) is 15.7. The summed E-state index contributed by atoms with van der Waals surface area (Å²) in [5.74, 6) is 0.00383. The van der Waals surface area contributed by atoms with Crippen LogP contribution in [0.3, 0.4) is 0 Å². The van der Waals surface area contributed by atoms with Crippen molar-refractivity contribution in [3.05, 3.63) is 57.2 Å². The summed E-state index contributed by atoms with van der Waals surface area (Å²) in [4.78, 5) is 32.9. The Bertz CT molecular complexity index is 1130. The molecule has 3 heterocycles. The van der Waals surface area contributed by atoms with Crippen molar-refractivity contribution in [1.82, 2.24) is 19.9 Å². The van der Waals surface area contributed by atoms with Gasteiger partial charge in [0, 0.05) is 18.1 Å². The van der Waals surface area contributed by atoms with E-state index in [2.05, 4.69) is 15.3 Å². The summed E-state index contributed by atoms with van der Waals surface area (Å²) in [7, 11) is 0. The van der Waals surface area contributed by atoms with Gasteiger partial charge < -0.3 is 16.8 Å². The molecule has 0 radical (unpaired) electrons. The smallest absolute Gasteiger partial charge is 0.294 e. The molecule has 0 saturated heterocycles. The highest BCUT2D eigenvalue weighted by molar-refractivity contribution is 6.30. The predicted octanol–water partition coefficient (Wildman–Crippen LogP) is 1.41. The number of aromatic nitrogens is 3. The van der Waals surface area contributed by atoms with Crippen molar-refractivity contribution >= 4 is 39.9 Å². The first-order valence-corrected chi connectivity index (χ1v) is 8.80. The van der Waals surface area contributed by atoms with E-state index in [-0.39, 0.29) is 16.9 Å². The Kier molecular flexibility index (Phi) is 4.19. The van der Waals surface area contributed by atoms with E-state index >= 15 is 0 Å². The van der Waals surface area contributed by atoms with Crippen LogP contribution in [-0.2, 0) is 17.8 Å². The van der Waals surface area contributed by atoms with Crippen LogP contribution in [-0.4, -0.2) is 20.4 Å². The number of anilines is 2. The van der Waals surface area contributed by atoms with Gasteiger partial charge in [0.05, 0.1) is 5.69 Å². The molecule has 3 aromatic rings. The number of rotatable bonds is 3. The molecule has 0 spiro atoms. The summed E-state index contributed by atoms with van der Waals surface area (Å²) in [5.41, 5.74) is 12.4. The van der Waals surface area contributed by atoms with Crippen LogP contribution in [0.2, 0.25) is 5.15 Å². The number of benzene rings is 1. The Morgan fingerprint density at radius 1 is 1.30 bits per heavy atom. The number of nitrogens with one attached hydrogen (secondary N) is 1. The van der Waals surface area contributed by atoms with Crippen LogP contribution in [0.4, 0.5) is 11.6 Å². The monoisotopic (exact) mass is 384 g/mol. The van der Waals surface area contributed by atoms with Crippen LogP contribution in [0.25, 0.3) is 10.8 Å². The zero-order valence-electron chi connectivity index (χ0n) is 14.3. The molecular weight excluding hydrogens is 368 g/mol. The van der Waals surface area contributed by atoms with Crippen molar-refractivity contribution in [1.29, 1.82) is 0 Å². The lowest BCUT2D eigenvalue weighted by atomic mass is 10.1. The number of amides is 1. The average molecular weight is 385 g/mol. The van der Waals surface area contributed by atoms with Gasteiger partial charge in [0.1, 0.15) is 11.9 Å². The maximum atomic E-state index is 12.7. The van der Waals surface area contributed by atoms with Gasteiger partial charge in [-0.15, -0.1) is 0 Å². The number of halogens is 1. The molecule has 1 atom stereocenters. The van der Waals surface area contributed by atoms with Crippen LogP contribution in [0.15, 0.2) is 35.3 Å². The number of carbonyl (C=O) groups is 1. The number of nitrogen functional groups attached to an aromatic ring is 2. The number of nitrogens with zero attached hydrogens (tertiary/aromatic N) is 3. The van der Waals surface area contributed by atoms with E-state index in [1.807, 2.05) is 24.3 Å². The summed E-state index contributed by atoms with van der Waals surface area (Å²) in [5, 5.41) is 4.86. The molecule has 138 valence electrons. The van der Waals surface area contributed by atoms with Gasteiger partial charge in [0.25, 0.3) is 5.56 Å². The van der Waals surface area contributed by atoms with Crippen molar-refractivity contribution in [2.45, 2.75) is 25.4 Å². The molecular formula is C18H17ClN6O2. The number of hydrogen-bond acceptors (Lipinski definition) is 6. The minimum atomic E-state index is -0.643. The second-order valence-corrected chi connectivity index (χ2v) is 6.79. The molecule has 1 aliphatic rings. The van der Waals surface area contributed by atoms with E-state index < -0.39 is 11.6 Å². The van der Waals surface area contributed by atoms with Gasteiger partial charge in [-0.25, -0.2) is 9.97 Å². The summed E-state index contributed by atoms with van der Waals surface area (Å²) < 4.78 is 1.35. The molecule has 9 heteroatoms. The van der Waals surface area contributed by atoms with Gasteiger partial charge in [0.15, 0.2) is 11.0 Å². The number of carbonyl (C=O) groups excluding carboxylic acids is 1. The molecule has 4 rings (SSSR count). The first-order chi connectivity index (χ1) is 13.0. The Morgan fingerprint density at radius 2 is 2.11 bits per heavy atom. The van der Waals surface area contributed by atoms with Crippen LogP contribution in [0.1, 0.15) is 23.7 Å². The van der Waals surface area contributed by atoms with Crippen molar-refractivity contribution in [3.8, 4) is 0 Å². The van der Waals surface area contributed by atoms with Gasteiger partial charge in [-0.1, -0.05) is 23.7 Å². The van der Waals surface area contributed by atoms with E-state index in [4.69, 9.17) is 23.1 Å². The Morgan fingerprint density at radius 3 is 2.93 bits per heavy atom. The van der Waals surface area contributed by atoms with Gasteiger partial charge >= 0.3 is 0 Å². The van der Waals surface area contributed by atoms with E-state index in [0.717, 1.165) is 16.3 Å². The highest BCUT2D eigenvalue weighted by atomic mass is 35.5. The molecule has 8 nitrogen and oxygen atoms in total. The standard InChI is InChI=1S/C18H17ClN6O2/c19-14-12-3-4-13(25(12)18(27)16(21)24-14)17(26)23-8-9-1-2-11-10(7-9)5-6-22-15(11)20/h1-2,5-7,13H,3-4,8H2,(H2,20,22)(H2,21,24)(H,23,26)/t13-/m0/s1. The highest BCUT2D eigenvalue weighted by Crippen LogP contribution is 2.28. The van der Waals surface area contributed by atoms with Crippen molar-refractivity contribution in [3.63, 3.8) is 0 Å². The highest BCUT2D eigenvalue weighted by Gasteiger charge is 2.32. The van der Waals surface area contributed by atoms with E-state index in [1.54, 1.807) is 6.20 Å². The number of hydrogen-bond donors (Lipinski definition) is 3. The topological polar surface area (TPSA) is 129 Å². The molecule has 0 saturated carbocycles. The van der Waals surface area contributed by atoms with Crippen LogP contribution in [0, 0.1) is 0 Å². The van der Waals surface area contributed by atoms with Crippen LogP contribution in [0.5, 0.6) is 0 Å². The maximum Gasteiger partial charge on any atom is 0.294 e. The molecule has 0 unspecified atom stereocenters. The second-order valence-electron chi connectivity index (χ2n) is 6.43. The summed E-state index contributed by atoms with van der Waals surface area (Å²) >= 11 is 6.06. The fraction of sp³-hybridized carbons (Fsp3) is 0.222. The third-order valence-corrected chi connectivity index (χ3v) is 5.08. The zero-order chi connectivity index (χ0) is 19.1. The Balaban J connectivity index is 1.54. The third-order valence-electron chi connectivity index (χ3n) is 4.78. The fourth-order valence-corrected chi connectivity index (χ4v) is 3.71. The molecule has 27 heavy (non-hydrogen) atoms. The molecule has 1 amide bonds. The molecule has 1 aliphatic heterocycles. The minimum absolute atomic E-state index is 0.170. The average Bonchev–Trinajstić information content (AvgIpc) is 3.10. The molecule has 0 bridgehead atoms. The van der Waals surface area contributed by atoms with Crippen LogP contribution >= 0.6 is 11.6 Å². The van der Waals surface area contributed by atoms with Gasteiger partial charge in [-0.3, -0.25) is 14.2 Å². The first-order valence-electron chi connectivity index (χ1n) is 8.43. The Hall–Kier alpha value is -3.13. The second kappa shape index (κ2) is 6.55. The predicted molar refractivity (Wildman–Crippen MR) is 103 cm³/mol. The molecule has 0 aliphatic carbocycles. The minimum Gasteiger partial charge on any atom is -0.383 e. The zero-order valence-corrected chi connectivity index (χ0v) is 15.0. The van der Waals surface area contributed by atoms with Crippen LogP contribution < -0.4 is 22.3 Å². The first kappa shape index (κ1) is 17.3. The lowest BCUT2D eigenvalue weighted by Crippen LogP contribution is -2.36. The fourth-order valence-electron chi connectivity index (χ4n) is 3.44. The molecule has 5 N–H and O–H groups in total. The third kappa shape index (κ3) is 2.97. The largest absolute Gasteiger partial charge is 0.383 e. The van der Waals surface area contributed by atoms with Crippen molar-refractivity contribution in [2.75, 3.05) is 11.5 Å². The summed E-state index contributed by atoms with van der Waals surface area (Å²) in [6.45, 7) is 0.325. The molecule has 2 aromatic heterocycles. The quantitative estimate of drug-likeness (QED) is 0.626. The summed E-state index contributed by atoms with van der Waals surface area (Å²) in [6.07, 6.45) is 2.62. The van der Waals surface area contributed by atoms with Gasteiger partial charge in [-0.2, -0.15) is 0 Å². The van der Waals surface area contributed by atoms with Crippen molar-refractivity contribution < 1.29 is 4.79 Å². The number of fused-ring (bicyclic) bond motifs is 2.